The minimum Gasteiger partial charge on any atom is -0.379 e. The molecular formula is C20H30N2O4S. The normalized spacial score (nSPS) is 27.3. The van der Waals surface area contributed by atoms with E-state index in [4.69, 9.17) is 4.74 Å². The molecule has 1 saturated carbocycles. The zero-order chi connectivity index (χ0) is 19.6. The van der Waals surface area contributed by atoms with Crippen LogP contribution in [0, 0.1) is 18.8 Å². The Morgan fingerprint density at radius 1 is 1.19 bits per heavy atom. The Hall–Kier alpha value is -1.44. The summed E-state index contributed by atoms with van der Waals surface area (Å²) in [6, 6.07) is 5.09. The molecule has 0 unspecified atom stereocenters. The third-order valence-corrected chi connectivity index (χ3v) is 8.10. The quantitative estimate of drug-likeness (QED) is 0.852. The zero-order valence-corrected chi connectivity index (χ0v) is 17.2. The Balaban J connectivity index is 1.81. The first-order chi connectivity index (χ1) is 12.8. The van der Waals surface area contributed by atoms with Gasteiger partial charge in [0.15, 0.2) is 0 Å². The smallest absolute Gasteiger partial charge is 0.251 e. The van der Waals surface area contributed by atoms with Gasteiger partial charge in [0.2, 0.25) is 10.0 Å². The number of nitrogens with one attached hydrogen (secondary N) is 1. The number of carbonyl (C=O) groups excluding carboxylic acids is 1. The molecule has 1 N–H and O–H groups in total. The maximum atomic E-state index is 13.0. The Kier molecular flexibility index (Phi) is 6.23. The molecule has 27 heavy (non-hydrogen) atoms. The van der Waals surface area contributed by atoms with E-state index in [1.165, 1.54) is 16.8 Å². The fourth-order valence-corrected chi connectivity index (χ4v) is 5.64. The summed E-state index contributed by atoms with van der Waals surface area (Å²) in [7, 11) is -3.63. The van der Waals surface area contributed by atoms with Gasteiger partial charge in [0.05, 0.1) is 18.1 Å². The van der Waals surface area contributed by atoms with Crippen molar-refractivity contribution in [3.8, 4) is 0 Å². The minimum atomic E-state index is -3.63. The van der Waals surface area contributed by atoms with Crippen molar-refractivity contribution in [3.05, 3.63) is 29.3 Å². The molecule has 1 heterocycles. The lowest BCUT2D eigenvalue weighted by atomic mass is 9.78. The van der Waals surface area contributed by atoms with Crippen LogP contribution in [0.4, 0.5) is 0 Å². The molecule has 150 valence electrons. The third-order valence-electron chi connectivity index (χ3n) is 6.06. The lowest BCUT2D eigenvalue weighted by molar-refractivity contribution is 0.0730. The van der Waals surface area contributed by atoms with E-state index < -0.39 is 10.0 Å². The van der Waals surface area contributed by atoms with Crippen LogP contribution in [-0.2, 0) is 14.8 Å². The standard InChI is InChI=1S/C20H30N2O4S/c1-14-5-4-6-18(16(14)3)21-20(23)17-8-7-15(2)19(13-17)27(24,25)22-9-11-26-12-10-22/h7-8,13-14,16,18H,4-6,9-12H2,1-3H3,(H,21,23)/t14-,16-,18-/m0/s1. The summed E-state index contributed by atoms with van der Waals surface area (Å²) in [6.45, 7) is 7.65. The zero-order valence-electron chi connectivity index (χ0n) is 16.4. The van der Waals surface area contributed by atoms with Crippen molar-refractivity contribution < 1.29 is 17.9 Å². The van der Waals surface area contributed by atoms with Crippen molar-refractivity contribution in [2.45, 2.75) is 51.0 Å². The highest BCUT2D eigenvalue weighted by molar-refractivity contribution is 7.89. The Bertz CT molecular complexity index is 787. The molecule has 1 aliphatic carbocycles. The molecule has 2 fully saturated rings. The van der Waals surface area contributed by atoms with Crippen LogP contribution in [0.3, 0.4) is 0 Å². The molecule has 1 saturated heterocycles. The molecule has 1 aromatic rings. The molecule has 1 aromatic carbocycles. The molecule has 3 atom stereocenters. The van der Waals surface area contributed by atoms with E-state index in [9.17, 15) is 13.2 Å². The van der Waals surface area contributed by atoms with Crippen molar-refractivity contribution in [2.24, 2.45) is 11.8 Å². The number of benzene rings is 1. The first kappa shape index (κ1) is 20.3. The third kappa shape index (κ3) is 4.36. The molecule has 7 heteroatoms. The highest BCUT2D eigenvalue weighted by atomic mass is 32.2. The monoisotopic (exact) mass is 394 g/mol. The molecule has 3 rings (SSSR count). The molecular weight excluding hydrogens is 364 g/mol. The summed E-state index contributed by atoms with van der Waals surface area (Å²) >= 11 is 0. The Morgan fingerprint density at radius 2 is 1.89 bits per heavy atom. The number of carbonyl (C=O) groups is 1. The van der Waals surface area contributed by atoms with Crippen molar-refractivity contribution >= 4 is 15.9 Å². The molecule has 0 radical (unpaired) electrons. The highest BCUT2D eigenvalue weighted by Gasteiger charge is 2.30. The first-order valence-corrected chi connectivity index (χ1v) is 11.2. The summed E-state index contributed by atoms with van der Waals surface area (Å²) < 4.78 is 32.7. The van der Waals surface area contributed by atoms with Gasteiger partial charge in [-0.1, -0.05) is 32.8 Å². The topological polar surface area (TPSA) is 75.7 Å². The first-order valence-electron chi connectivity index (χ1n) is 9.80. The average Bonchev–Trinajstić information content (AvgIpc) is 2.66. The van der Waals surface area contributed by atoms with Gasteiger partial charge in [0.25, 0.3) is 5.91 Å². The van der Waals surface area contributed by atoms with Gasteiger partial charge in [-0.25, -0.2) is 8.42 Å². The van der Waals surface area contributed by atoms with Crippen molar-refractivity contribution in [3.63, 3.8) is 0 Å². The van der Waals surface area contributed by atoms with Crippen LogP contribution in [0.15, 0.2) is 23.1 Å². The molecule has 6 nitrogen and oxygen atoms in total. The SMILES string of the molecule is Cc1ccc(C(=O)N[C@H]2CCC[C@H](C)[C@@H]2C)cc1S(=O)(=O)N1CCOCC1. The van der Waals surface area contributed by atoms with Crippen LogP contribution in [0.1, 0.15) is 49.0 Å². The fraction of sp³-hybridized carbons (Fsp3) is 0.650. The van der Waals surface area contributed by atoms with Crippen molar-refractivity contribution in [1.82, 2.24) is 9.62 Å². The molecule has 0 bridgehead atoms. The van der Waals surface area contributed by atoms with Crippen LogP contribution in [0.2, 0.25) is 0 Å². The molecule has 0 spiro atoms. The van der Waals surface area contributed by atoms with E-state index in [-0.39, 0.29) is 16.8 Å². The van der Waals surface area contributed by atoms with Gasteiger partial charge < -0.3 is 10.1 Å². The van der Waals surface area contributed by atoms with Gasteiger partial charge in [-0.05, 0) is 42.9 Å². The summed E-state index contributed by atoms with van der Waals surface area (Å²) in [5, 5.41) is 3.13. The number of sulfonamides is 1. The predicted molar refractivity (Wildman–Crippen MR) is 104 cm³/mol. The molecule has 2 aliphatic rings. The van der Waals surface area contributed by atoms with Crippen LogP contribution in [0.25, 0.3) is 0 Å². The predicted octanol–water partition coefficient (Wildman–Crippen LogP) is 2.57. The lowest BCUT2D eigenvalue weighted by Gasteiger charge is -2.34. The van der Waals surface area contributed by atoms with Crippen molar-refractivity contribution in [2.75, 3.05) is 26.3 Å². The van der Waals surface area contributed by atoms with E-state index in [1.54, 1.807) is 19.1 Å². The number of aryl methyl sites for hydroxylation is 1. The van der Waals surface area contributed by atoms with Crippen LogP contribution in [-0.4, -0.2) is 51.0 Å². The second-order valence-electron chi connectivity index (χ2n) is 7.84. The fourth-order valence-electron chi connectivity index (χ4n) is 3.98. The number of ether oxygens (including phenoxy) is 1. The maximum absolute atomic E-state index is 13.0. The van der Waals surface area contributed by atoms with E-state index in [2.05, 4.69) is 19.2 Å². The summed E-state index contributed by atoms with van der Waals surface area (Å²) in [6.07, 6.45) is 3.28. The molecule has 0 aromatic heterocycles. The number of hydrogen-bond donors (Lipinski definition) is 1. The van der Waals surface area contributed by atoms with E-state index >= 15 is 0 Å². The average molecular weight is 395 g/mol. The van der Waals surface area contributed by atoms with Crippen LogP contribution >= 0.6 is 0 Å². The number of nitrogens with zero attached hydrogens (tertiary/aromatic N) is 1. The summed E-state index contributed by atoms with van der Waals surface area (Å²) in [4.78, 5) is 13.0. The van der Waals surface area contributed by atoms with Crippen LogP contribution < -0.4 is 5.32 Å². The van der Waals surface area contributed by atoms with Crippen molar-refractivity contribution in [1.29, 1.82) is 0 Å². The molecule has 1 aliphatic heterocycles. The number of morpholine rings is 1. The lowest BCUT2D eigenvalue weighted by Crippen LogP contribution is -2.44. The largest absolute Gasteiger partial charge is 0.379 e. The van der Waals surface area contributed by atoms with Gasteiger partial charge >= 0.3 is 0 Å². The minimum absolute atomic E-state index is 0.141. The Labute approximate surface area is 162 Å². The maximum Gasteiger partial charge on any atom is 0.251 e. The van der Waals surface area contributed by atoms with Gasteiger partial charge in [-0.15, -0.1) is 0 Å². The molecule has 1 amide bonds. The highest BCUT2D eigenvalue weighted by Crippen LogP contribution is 2.30. The number of amides is 1. The van der Waals surface area contributed by atoms with Gasteiger partial charge in [-0.3, -0.25) is 4.79 Å². The van der Waals surface area contributed by atoms with E-state index in [0.29, 0.717) is 49.3 Å². The summed E-state index contributed by atoms with van der Waals surface area (Å²) in [5.41, 5.74) is 1.05. The second kappa shape index (κ2) is 8.29. The van der Waals surface area contributed by atoms with Crippen LogP contribution in [0.5, 0.6) is 0 Å². The van der Waals surface area contributed by atoms with E-state index in [0.717, 1.165) is 12.8 Å². The van der Waals surface area contributed by atoms with Gasteiger partial charge in [0, 0.05) is 24.7 Å². The number of hydrogen-bond acceptors (Lipinski definition) is 4. The van der Waals surface area contributed by atoms with Gasteiger partial charge in [0.1, 0.15) is 0 Å². The van der Waals surface area contributed by atoms with Gasteiger partial charge in [-0.2, -0.15) is 4.31 Å². The Morgan fingerprint density at radius 3 is 2.59 bits per heavy atom. The second-order valence-corrected chi connectivity index (χ2v) is 9.75. The van der Waals surface area contributed by atoms with E-state index in [1.807, 2.05) is 0 Å². The summed E-state index contributed by atoms with van der Waals surface area (Å²) in [5.74, 6) is 0.809. The number of rotatable bonds is 4.